The third kappa shape index (κ3) is 3.19. The molecular formula is C24H23NO5S. The number of amides is 1. The first kappa shape index (κ1) is 20.0. The van der Waals surface area contributed by atoms with Gasteiger partial charge in [0, 0.05) is 6.04 Å². The number of sulfone groups is 1. The molecule has 2 unspecified atom stereocenters. The van der Waals surface area contributed by atoms with Crippen LogP contribution < -0.4 is 5.43 Å². The van der Waals surface area contributed by atoms with E-state index in [9.17, 15) is 18.0 Å². The SMILES string of the molecule is CC(C)c1ccc(C2c3c(oc4ccccc4c3=O)C(=O)N2C2CCS(=O)(=O)C2)cc1. The van der Waals surface area contributed by atoms with Crippen LogP contribution in [0.5, 0.6) is 0 Å². The van der Waals surface area contributed by atoms with E-state index < -0.39 is 27.8 Å². The van der Waals surface area contributed by atoms with Gasteiger partial charge >= 0.3 is 0 Å². The lowest BCUT2D eigenvalue weighted by atomic mass is 9.94. The van der Waals surface area contributed by atoms with Crippen molar-refractivity contribution in [1.82, 2.24) is 4.90 Å². The number of hydrogen-bond donors (Lipinski definition) is 0. The Morgan fingerprint density at radius 2 is 1.74 bits per heavy atom. The van der Waals surface area contributed by atoms with Crippen molar-refractivity contribution in [2.75, 3.05) is 11.5 Å². The second-order valence-corrected chi connectivity index (χ2v) is 10.9. The van der Waals surface area contributed by atoms with Gasteiger partial charge in [-0.3, -0.25) is 9.59 Å². The maximum Gasteiger partial charge on any atom is 0.291 e. The molecule has 0 radical (unpaired) electrons. The molecule has 5 rings (SSSR count). The summed E-state index contributed by atoms with van der Waals surface area (Å²) in [5.74, 6) is -0.110. The molecule has 0 bridgehead atoms. The molecule has 0 saturated carbocycles. The summed E-state index contributed by atoms with van der Waals surface area (Å²) < 4.78 is 30.3. The Labute approximate surface area is 180 Å². The number of hydrogen-bond acceptors (Lipinski definition) is 5. The first-order valence-corrected chi connectivity index (χ1v) is 12.3. The minimum absolute atomic E-state index is 0.0194. The number of benzene rings is 2. The molecule has 3 aromatic rings. The van der Waals surface area contributed by atoms with Gasteiger partial charge in [0.25, 0.3) is 5.91 Å². The Morgan fingerprint density at radius 1 is 1.03 bits per heavy atom. The van der Waals surface area contributed by atoms with Gasteiger partial charge in [-0.25, -0.2) is 8.42 Å². The lowest BCUT2D eigenvalue weighted by Crippen LogP contribution is -2.40. The van der Waals surface area contributed by atoms with Gasteiger partial charge in [0.15, 0.2) is 15.3 Å². The molecule has 1 aromatic heterocycles. The molecule has 0 N–H and O–H groups in total. The topological polar surface area (TPSA) is 84.7 Å². The molecule has 2 aliphatic heterocycles. The van der Waals surface area contributed by atoms with Crippen LogP contribution in [0.3, 0.4) is 0 Å². The van der Waals surface area contributed by atoms with Gasteiger partial charge < -0.3 is 9.32 Å². The minimum Gasteiger partial charge on any atom is -0.450 e. The van der Waals surface area contributed by atoms with Crippen molar-refractivity contribution in [3.8, 4) is 0 Å². The Balaban J connectivity index is 1.72. The van der Waals surface area contributed by atoms with Gasteiger partial charge in [-0.2, -0.15) is 0 Å². The summed E-state index contributed by atoms with van der Waals surface area (Å²) in [6, 6.07) is 13.5. The lowest BCUT2D eigenvalue weighted by Gasteiger charge is -2.30. The Kier molecular flexibility index (Phi) is 4.55. The zero-order valence-electron chi connectivity index (χ0n) is 17.4. The molecule has 160 valence electrons. The number of fused-ring (bicyclic) bond motifs is 2. The molecular weight excluding hydrogens is 414 g/mol. The highest BCUT2D eigenvalue weighted by molar-refractivity contribution is 7.91. The lowest BCUT2D eigenvalue weighted by molar-refractivity contribution is 0.0662. The summed E-state index contributed by atoms with van der Waals surface area (Å²) in [6.45, 7) is 4.19. The van der Waals surface area contributed by atoms with Gasteiger partial charge in [0.05, 0.1) is 28.5 Å². The molecule has 1 fully saturated rings. The van der Waals surface area contributed by atoms with Crippen LogP contribution in [-0.4, -0.2) is 36.8 Å². The third-order valence-electron chi connectivity index (χ3n) is 6.33. The van der Waals surface area contributed by atoms with Crippen molar-refractivity contribution in [2.24, 2.45) is 0 Å². The quantitative estimate of drug-likeness (QED) is 0.624. The van der Waals surface area contributed by atoms with Gasteiger partial charge in [-0.15, -0.1) is 0 Å². The van der Waals surface area contributed by atoms with E-state index in [1.54, 1.807) is 29.2 Å². The minimum atomic E-state index is -3.22. The standard InChI is InChI=1S/C24H23NO5S/c1-14(2)15-7-9-16(10-8-15)21-20-22(26)18-5-3-4-6-19(18)30-23(20)24(27)25(21)17-11-12-31(28,29)13-17/h3-10,14,17,21H,11-13H2,1-2H3. The van der Waals surface area contributed by atoms with E-state index in [2.05, 4.69) is 13.8 Å². The maximum absolute atomic E-state index is 13.5. The molecule has 1 amide bonds. The van der Waals surface area contributed by atoms with Crippen LogP contribution in [0.25, 0.3) is 11.0 Å². The summed E-state index contributed by atoms with van der Waals surface area (Å²) >= 11 is 0. The van der Waals surface area contributed by atoms with E-state index in [0.717, 1.165) is 11.1 Å². The highest BCUT2D eigenvalue weighted by atomic mass is 32.2. The molecule has 0 spiro atoms. The Morgan fingerprint density at radius 3 is 2.39 bits per heavy atom. The van der Waals surface area contributed by atoms with Gasteiger partial charge in [0.2, 0.25) is 5.76 Å². The van der Waals surface area contributed by atoms with Crippen molar-refractivity contribution in [3.05, 3.63) is 81.2 Å². The van der Waals surface area contributed by atoms with Crippen molar-refractivity contribution >= 4 is 26.7 Å². The first-order valence-electron chi connectivity index (χ1n) is 10.5. The van der Waals surface area contributed by atoms with Gasteiger partial charge in [0.1, 0.15) is 5.58 Å². The molecule has 2 aliphatic rings. The van der Waals surface area contributed by atoms with Crippen LogP contribution in [0.1, 0.15) is 59.5 Å². The van der Waals surface area contributed by atoms with Crippen LogP contribution in [0, 0.1) is 0 Å². The fourth-order valence-corrected chi connectivity index (χ4v) is 6.41. The molecule has 6 nitrogen and oxygen atoms in total. The largest absolute Gasteiger partial charge is 0.450 e. The Bertz CT molecular complexity index is 1350. The summed E-state index contributed by atoms with van der Waals surface area (Å²) in [4.78, 5) is 28.5. The van der Waals surface area contributed by atoms with Crippen LogP contribution in [0.2, 0.25) is 0 Å². The van der Waals surface area contributed by atoms with Crippen molar-refractivity contribution < 1.29 is 17.6 Å². The van der Waals surface area contributed by atoms with Crippen molar-refractivity contribution in [3.63, 3.8) is 0 Å². The molecule has 2 aromatic carbocycles. The highest BCUT2D eigenvalue weighted by Gasteiger charge is 2.48. The summed E-state index contributed by atoms with van der Waals surface area (Å²) in [7, 11) is -3.22. The predicted molar refractivity (Wildman–Crippen MR) is 118 cm³/mol. The summed E-state index contributed by atoms with van der Waals surface area (Å²) in [5, 5.41) is 0.416. The molecule has 3 heterocycles. The molecule has 1 saturated heterocycles. The average molecular weight is 438 g/mol. The van der Waals surface area contributed by atoms with Gasteiger partial charge in [-0.05, 0) is 35.6 Å². The van der Waals surface area contributed by atoms with Gasteiger partial charge in [-0.1, -0.05) is 50.2 Å². The normalized spacial score (nSPS) is 22.4. The molecule has 0 aliphatic carbocycles. The van der Waals surface area contributed by atoms with Crippen LogP contribution >= 0.6 is 0 Å². The number of nitrogens with zero attached hydrogens (tertiary/aromatic N) is 1. The zero-order chi connectivity index (χ0) is 21.9. The smallest absolute Gasteiger partial charge is 0.291 e. The van der Waals surface area contributed by atoms with Crippen molar-refractivity contribution in [2.45, 2.75) is 38.3 Å². The van der Waals surface area contributed by atoms with Crippen LogP contribution in [0.15, 0.2) is 57.7 Å². The third-order valence-corrected chi connectivity index (χ3v) is 8.08. The van der Waals surface area contributed by atoms with Crippen LogP contribution in [-0.2, 0) is 9.84 Å². The second-order valence-electron chi connectivity index (χ2n) is 8.66. The number of carbonyl (C=O) groups is 1. The fraction of sp³-hybridized carbons (Fsp3) is 0.333. The van der Waals surface area contributed by atoms with E-state index in [1.165, 1.54) is 0 Å². The number of para-hydroxylation sites is 1. The van der Waals surface area contributed by atoms with Crippen molar-refractivity contribution in [1.29, 1.82) is 0 Å². The summed E-state index contributed by atoms with van der Waals surface area (Å²) in [5.41, 5.74) is 2.34. The van der Waals surface area contributed by atoms with E-state index in [4.69, 9.17) is 4.42 Å². The second kappa shape index (κ2) is 7.05. The number of rotatable bonds is 3. The molecule has 7 heteroatoms. The zero-order valence-corrected chi connectivity index (χ0v) is 18.2. The van der Waals surface area contributed by atoms with E-state index in [-0.39, 0.29) is 22.7 Å². The highest BCUT2D eigenvalue weighted by Crippen LogP contribution is 2.41. The number of carbonyl (C=O) groups excluding carboxylic acids is 1. The fourth-order valence-electron chi connectivity index (χ4n) is 4.70. The monoisotopic (exact) mass is 437 g/mol. The summed E-state index contributed by atoms with van der Waals surface area (Å²) in [6.07, 6.45) is 0.357. The first-order chi connectivity index (χ1) is 14.8. The van der Waals surface area contributed by atoms with E-state index in [1.807, 2.05) is 24.3 Å². The van der Waals surface area contributed by atoms with E-state index >= 15 is 0 Å². The molecule has 31 heavy (non-hydrogen) atoms. The predicted octanol–water partition coefficient (Wildman–Crippen LogP) is 3.65. The Hall–Kier alpha value is -2.93. The average Bonchev–Trinajstić information content (AvgIpc) is 3.25. The van der Waals surface area contributed by atoms with Crippen LogP contribution in [0.4, 0.5) is 0 Å². The molecule has 2 atom stereocenters. The maximum atomic E-state index is 13.5. The van der Waals surface area contributed by atoms with E-state index in [0.29, 0.717) is 28.9 Å².